The summed E-state index contributed by atoms with van der Waals surface area (Å²) in [5, 5.41) is 11.8. The maximum Gasteiger partial charge on any atom is 0.410 e. The number of rotatable bonds is 7. The molecule has 0 saturated carbocycles. The van der Waals surface area contributed by atoms with Gasteiger partial charge in [0.15, 0.2) is 0 Å². The lowest BCUT2D eigenvalue weighted by molar-refractivity contribution is 0.0232. The van der Waals surface area contributed by atoms with Crippen molar-refractivity contribution in [1.82, 2.24) is 15.2 Å². The van der Waals surface area contributed by atoms with Crippen molar-refractivity contribution in [3.05, 3.63) is 65.5 Å². The Morgan fingerprint density at radius 1 is 1.24 bits per heavy atom. The first-order valence-corrected chi connectivity index (χ1v) is 9.44. The van der Waals surface area contributed by atoms with Gasteiger partial charge in [0, 0.05) is 31.0 Å². The summed E-state index contributed by atoms with van der Waals surface area (Å²) >= 11 is 0. The Morgan fingerprint density at radius 3 is 2.69 bits per heavy atom. The summed E-state index contributed by atoms with van der Waals surface area (Å²) in [5.74, 6) is -0.252. The molecule has 0 saturated heterocycles. The number of nitrogens with one attached hydrogen (secondary N) is 1. The van der Waals surface area contributed by atoms with E-state index in [9.17, 15) is 9.59 Å². The van der Waals surface area contributed by atoms with E-state index in [1.54, 1.807) is 41.6 Å². The van der Waals surface area contributed by atoms with Crippen molar-refractivity contribution in [3.8, 4) is 6.07 Å². The molecule has 0 spiro atoms. The number of nitriles is 1. The third-order valence-electron chi connectivity index (χ3n) is 3.89. The molecule has 0 atom stereocenters. The average Bonchev–Trinajstić information content (AvgIpc) is 2.69. The number of ether oxygens (including phenoxy) is 1. The lowest BCUT2D eigenvalue weighted by Crippen LogP contribution is -2.38. The molecule has 7 nitrogen and oxygen atoms in total. The zero-order chi connectivity index (χ0) is 21.3. The maximum atomic E-state index is 12.5. The number of benzene rings is 1. The minimum absolute atomic E-state index is 0.252. The van der Waals surface area contributed by atoms with Gasteiger partial charge >= 0.3 is 6.09 Å². The van der Waals surface area contributed by atoms with Crippen molar-refractivity contribution in [2.24, 2.45) is 0 Å². The fourth-order valence-electron chi connectivity index (χ4n) is 2.58. The minimum atomic E-state index is -0.593. The van der Waals surface area contributed by atoms with Gasteiger partial charge in [-0.2, -0.15) is 5.26 Å². The highest BCUT2D eigenvalue weighted by atomic mass is 16.6. The van der Waals surface area contributed by atoms with Gasteiger partial charge < -0.3 is 15.0 Å². The van der Waals surface area contributed by atoms with E-state index >= 15 is 0 Å². The van der Waals surface area contributed by atoms with Gasteiger partial charge in [0.25, 0.3) is 5.91 Å². The molecule has 0 aliphatic heterocycles. The van der Waals surface area contributed by atoms with Gasteiger partial charge in [-0.15, -0.1) is 0 Å². The molecule has 2 amide bonds. The summed E-state index contributed by atoms with van der Waals surface area (Å²) in [6, 6.07) is 12.3. The average molecular weight is 394 g/mol. The monoisotopic (exact) mass is 394 g/mol. The Morgan fingerprint density at radius 2 is 2.03 bits per heavy atom. The highest BCUT2D eigenvalue weighted by Gasteiger charge is 2.22. The first kappa shape index (κ1) is 21.9. The van der Waals surface area contributed by atoms with Crippen LogP contribution < -0.4 is 5.32 Å². The molecule has 0 aliphatic carbocycles. The maximum absolute atomic E-state index is 12.5. The van der Waals surface area contributed by atoms with Gasteiger partial charge in [-0.25, -0.2) is 4.79 Å². The van der Waals surface area contributed by atoms with Gasteiger partial charge in [0.2, 0.25) is 0 Å². The van der Waals surface area contributed by atoms with E-state index < -0.39 is 11.7 Å². The van der Waals surface area contributed by atoms with E-state index in [4.69, 9.17) is 10.00 Å². The Hall–Kier alpha value is -3.40. The zero-order valence-electron chi connectivity index (χ0n) is 17.0. The molecule has 7 heteroatoms. The predicted molar refractivity (Wildman–Crippen MR) is 109 cm³/mol. The van der Waals surface area contributed by atoms with Crippen LogP contribution in [0, 0.1) is 11.3 Å². The number of amides is 2. The van der Waals surface area contributed by atoms with Crippen LogP contribution in [-0.4, -0.2) is 40.6 Å². The third kappa shape index (κ3) is 7.62. The Labute approximate surface area is 171 Å². The van der Waals surface area contributed by atoms with Crippen LogP contribution in [0.1, 0.15) is 48.7 Å². The summed E-state index contributed by atoms with van der Waals surface area (Å²) < 4.78 is 5.49. The third-order valence-corrected chi connectivity index (χ3v) is 3.89. The first-order chi connectivity index (χ1) is 13.8. The molecule has 1 aromatic heterocycles. The van der Waals surface area contributed by atoms with Crippen LogP contribution in [0.25, 0.3) is 0 Å². The van der Waals surface area contributed by atoms with Crippen LogP contribution in [0.5, 0.6) is 0 Å². The van der Waals surface area contributed by atoms with Crippen LogP contribution >= 0.6 is 0 Å². The van der Waals surface area contributed by atoms with E-state index in [1.165, 1.54) is 0 Å². The fourth-order valence-corrected chi connectivity index (χ4v) is 2.58. The molecule has 1 heterocycles. The van der Waals surface area contributed by atoms with E-state index in [1.807, 2.05) is 39.0 Å². The number of carbonyl (C=O) groups excluding carboxylic acids is 2. The summed E-state index contributed by atoms with van der Waals surface area (Å²) in [5.41, 5.74) is 1.17. The lowest BCUT2D eigenvalue weighted by Gasteiger charge is -2.27. The lowest BCUT2D eigenvalue weighted by atomic mass is 10.1. The SMILES string of the molecule is CC(C)(C)OC(=O)N(CCCNC(=O)c1cccc(C#N)c1)Cc1cccnc1. The molecule has 1 aromatic carbocycles. The molecule has 0 bridgehead atoms. The van der Waals surface area contributed by atoms with E-state index in [0.29, 0.717) is 37.2 Å². The van der Waals surface area contributed by atoms with Gasteiger partial charge in [-0.3, -0.25) is 9.78 Å². The molecule has 0 unspecified atom stereocenters. The number of hydrogen-bond donors (Lipinski definition) is 1. The molecule has 152 valence electrons. The molecule has 29 heavy (non-hydrogen) atoms. The van der Waals surface area contributed by atoms with E-state index in [0.717, 1.165) is 5.56 Å². The molecule has 0 fully saturated rings. The van der Waals surface area contributed by atoms with E-state index in [2.05, 4.69) is 10.3 Å². The van der Waals surface area contributed by atoms with Crippen LogP contribution in [0.4, 0.5) is 4.79 Å². The largest absolute Gasteiger partial charge is 0.444 e. The molecular weight excluding hydrogens is 368 g/mol. The van der Waals surface area contributed by atoms with Gasteiger partial charge in [-0.05, 0) is 57.0 Å². The van der Waals surface area contributed by atoms with Crippen molar-refractivity contribution in [2.75, 3.05) is 13.1 Å². The molecule has 0 radical (unpaired) electrons. The van der Waals surface area contributed by atoms with Crippen LogP contribution in [0.3, 0.4) is 0 Å². The van der Waals surface area contributed by atoms with Crippen molar-refractivity contribution < 1.29 is 14.3 Å². The number of carbonyl (C=O) groups is 2. The smallest absolute Gasteiger partial charge is 0.410 e. The summed E-state index contributed by atoms with van der Waals surface area (Å²) in [7, 11) is 0. The highest BCUT2D eigenvalue weighted by molar-refractivity contribution is 5.94. The second-order valence-electron chi connectivity index (χ2n) is 7.57. The quantitative estimate of drug-likeness (QED) is 0.725. The molecular formula is C22H26N4O3. The zero-order valence-corrected chi connectivity index (χ0v) is 17.0. The second kappa shape index (κ2) is 10.2. The van der Waals surface area contributed by atoms with Crippen molar-refractivity contribution >= 4 is 12.0 Å². The predicted octanol–water partition coefficient (Wildman–Crippen LogP) is 3.51. The molecule has 1 N–H and O–H groups in total. The second-order valence-corrected chi connectivity index (χ2v) is 7.57. The standard InChI is InChI=1S/C22H26N4O3/c1-22(2,3)29-21(28)26(16-18-8-5-10-24-15-18)12-6-11-25-20(27)19-9-4-7-17(13-19)14-23/h4-5,7-10,13,15H,6,11-12,16H2,1-3H3,(H,25,27). The first-order valence-electron chi connectivity index (χ1n) is 9.44. The number of hydrogen-bond acceptors (Lipinski definition) is 5. The summed E-state index contributed by atoms with van der Waals surface area (Å²) in [4.78, 5) is 30.5. The van der Waals surface area contributed by atoms with Gasteiger partial charge in [0.05, 0.1) is 18.2 Å². The highest BCUT2D eigenvalue weighted by Crippen LogP contribution is 2.13. The molecule has 0 aliphatic rings. The van der Waals surface area contributed by atoms with Crippen molar-refractivity contribution in [2.45, 2.75) is 39.3 Å². The number of aromatic nitrogens is 1. The van der Waals surface area contributed by atoms with E-state index in [-0.39, 0.29) is 5.91 Å². The molecule has 2 aromatic rings. The fraction of sp³-hybridized carbons (Fsp3) is 0.364. The number of pyridine rings is 1. The Kier molecular flexibility index (Phi) is 7.72. The van der Waals surface area contributed by atoms with Gasteiger partial charge in [-0.1, -0.05) is 12.1 Å². The Balaban J connectivity index is 1.92. The van der Waals surface area contributed by atoms with Crippen LogP contribution in [-0.2, 0) is 11.3 Å². The topological polar surface area (TPSA) is 95.3 Å². The minimum Gasteiger partial charge on any atom is -0.444 e. The normalized spacial score (nSPS) is 10.7. The van der Waals surface area contributed by atoms with Gasteiger partial charge in [0.1, 0.15) is 5.60 Å². The van der Waals surface area contributed by atoms with Crippen molar-refractivity contribution in [1.29, 1.82) is 5.26 Å². The summed E-state index contributed by atoms with van der Waals surface area (Å²) in [6.07, 6.45) is 3.54. The molecule has 2 rings (SSSR count). The Bertz CT molecular complexity index is 870. The van der Waals surface area contributed by atoms with Crippen molar-refractivity contribution in [3.63, 3.8) is 0 Å². The van der Waals surface area contributed by atoms with Crippen LogP contribution in [0.2, 0.25) is 0 Å². The summed E-state index contributed by atoms with van der Waals surface area (Å²) in [6.45, 7) is 6.65. The van der Waals surface area contributed by atoms with Crippen LogP contribution in [0.15, 0.2) is 48.8 Å². The number of nitrogens with zero attached hydrogens (tertiary/aromatic N) is 3.